The highest BCUT2D eigenvalue weighted by molar-refractivity contribution is 5.21. The fourth-order valence-electron chi connectivity index (χ4n) is 1.94. The van der Waals surface area contributed by atoms with E-state index in [4.69, 9.17) is 4.74 Å². The van der Waals surface area contributed by atoms with E-state index >= 15 is 0 Å². The fourth-order valence-corrected chi connectivity index (χ4v) is 1.94. The van der Waals surface area contributed by atoms with E-state index in [0.29, 0.717) is 13.2 Å². The van der Waals surface area contributed by atoms with Crippen LogP contribution in [0.2, 0.25) is 0 Å². The lowest BCUT2D eigenvalue weighted by molar-refractivity contribution is 0.104. The Morgan fingerprint density at radius 3 is 2.25 bits per heavy atom. The van der Waals surface area contributed by atoms with Gasteiger partial charge < -0.3 is 15.2 Å². The van der Waals surface area contributed by atoms with Crippen molar-refractivity contribution in [1.82, 2.24) is 5.32 Å². The van der Waals surface area contributed by atoms with Gasteiger partial charge in [-0.2, -0.15) is 0 Å². The van der Waals surface area contributed by atoms with Crippen molar-refractivity contribution in [2.45, 2.75) is 19.1 Å². The Kier molecular flexibility index (Phi) is 5.59. The fraction of sp³-hybridized carbons (Fsp3) is 0.294. The third-order valence-electron chi connectivity index (χ3n) is 3.14. The van der Waals surface area contributed by atoms with Crippen LogP contribution in [0.3, 0.4) is 0 Å². The van der Waals surface area contributed by atoms with Crippen LogP contribution in [0.1, 0.15) is 18.5 Å². The monoisotopic (exact) mass is 271 g/mol. The molecule has 2 aromatic carbocycles. The number of hydrogen-bond acceptors (Lipinski definition) is 3. The summed E-state index contributed by atoms with van der Waals surface area (Å²) in [6, 6.07) is 19.9. The molecule has 2 rings (SSSR count). The van der Waals surface area contributed by atoms with Gasteiger partial charge in [0.2, 0.25) is 0 Å². The van der Waals surface area contributed by atoms with Gasteiger partial charge in [0.15, 0.2) is 0 Å². The van der Waals surface area contributed by atoms with Crippen LogP contribution in [0.25, 0.3) is 0 Å². The van der Waals surface area contributed by atoms with Crippen molar-refractivity contribution in [1.29, 1.82) is 0 Å². The molecule has 3 nitrogen and oxygen atoms in total. The molecule has 2 aromatic rings. The number of ether oxygens (including phenoxy) is 1. The molecule has 0 spiro atoms. The second-order valence-electron chi connectivity index (χ2n) is 4.82. The molecule has 3 heteroatoms. The van der Waals surface area contributed by atoms with Crippen LogP contribution in [0.4, 0.5) is 0 Å². The lowest BCUT2D eigenvalue weighted by Gasteiger charge is -2.18. The van der Waals surface area contributed by atoms with Crippen LogP contribution in [0.5, 0.6) is 5.75 Å². The summed E-state index contributed by atoms with van der Waals surface area (Å²) in [4.78, 5) is 0. The Balaban J connectivity index is 1.71. The van der Waals surface area contributed by atoms with Crippen molar-refractivity contribution < 1.29 is 9.84 Å². The SMILES string of the molecule is C[C@@H](NCC(O)COc1ccccc1)c1ccccc1. The molecule has 0 aliphatic rings. The van der Waals surface area contributed by atoms with Crippen LogP contribution in [0.15, 0.2) is 60.7 Å². The number of nitrogens with one attached hydrogen (secondary N) is 1. The average molecular weight is 271 g/mol. The predicted molar refractivity (Wildman–Crippen MR) is 80.8 cm³/mol. The molecule has 0 amide bonds. The quantitative estimate of drug-likeness (QED) is 0.813. The van der Waals surface area contributed by atoms with Gasteiger partial charge in [-0.25, -0.2) is 0 Å². The van der Waals surface area contributed by atoms with Gasteiger partial charge in [0.05, 0.1) is 0 Å². The lowest BCUT2D eigenvalue weighted by atomic mass is 10.1. The summed E-state index contributed by atoms with van der Waals surface area (Å²) in [6.07, 6.45) is -0.527. The minimum atomic E-state index is -0.527. The van der Waals surface area contributed by atoms with Gasteiger partial charge in [-0.15, -0.1) is 0 Å². The Morgan fingerprint density at radius 2 is 1.60 bits per heavy atom. The topological polar surface area (TPSA) is 41.5 Å². The van der Waals surface area contributed by atoms with E-state index in [-0.39, 0.29) is 6.04 Å². The number of aliphatic hydroxyl groups is 1. The summed E-state index contributed by atoms with van der Waals surface area (Å²) in [7, 11) is 0. The van der Waals surface area contributed by atoms with Crippen LogP contribution < -0.4 is 10.1 Å². The number of aliphatic hydroxyl groups excluding tert-OH is 1. The molecule has 0 aromatic heterocycles. The van der Waals surface area contributed by atoms with Crippen LogP contribution in [-0.2, 0) is 0 Å². The number of para-hydroxylation sites is 1. The van der Waals surface area contributed by atoms with E-state index in [1.807, 2.05) is 48.5 Å². The predicted octanol–water partition coefficient (Wildman–Crippen LogP) is 2.78. The highest BCUT2D eigenvalue weighted by Gasteiger charge is 2.09. The summed E-state index contributed by atoms with van der Waals surface area (Å²) in [5, 5.41) is 13.2. The molecule has 2 atom stereocenters. The molecule has 0 saturated heterocycles. The van der Waals surface area contributed by atoms with Crippen molar-refractivity contribution in [3.63, 3.8) is 0 Å². The first-order valence-electron chi connectivity index (χ1n) is 6.90. The van der Waals surface area contributed by atoms with Gasteiger partial charge >= 0.3 is 0 Å². The van der Waals surface area contributed by atoms with Gasteiger partial charge in [-0.3, -0.25) is 0 Å². The second kappa shape index (κ2) is 7.68. The molecular formula is C17H21NO2. The van der Waals surface area contributed by atoms with Crippen LogP contribution in [-0.4, -0.2) is 24.4 Å². The third kappa shape index (κ3) is 4.68. The van der Waals surface area contributed by atoms with Crippen LogP contribution in [0, 0.1) is 0 Å². The molecule has 0 aliphatic carbocycles. The van der Waals surface area contributed by atoms with Crippen molar-refractivity contribution in [3.05, 3.63) is 66.2 Å². The molecule has 0 bridgehead atoms. The van der Waals surface area contributed by atoms with Gasteiger partial charge in [0, 0.05) is 12.6 Å². The molecule has 0 aliphatic heterocycles. The largest absolute Gasteiger partial charge is 0.491 e. The zero-order valence-corrected chi connectivity index (χ0v) is 11.7. The Morgan fingerprint density at radius 1 is 1.00 bits per heavy atom. The summed E-state index contributed by atoms with van der Waals surface area (Å²) in [6.45, 7) is 2.88. The normalized spacial score (nSPS) is 13.7. The summed E-state index contributed by atoms with van der Waals surface area (Å²) in [5.74, 6) is 0.780. The second-order valence-corrected chi connectivity index (χ2v) is 4.82. The van der Waals surface area contributed by atoms with E-state index in [2.05, 4.69) is 24.4 Å². The highest BCUT2D eigenvalue weighted by atomic mass is 16.5. The van der Waals surface area contributed by atoms with Gasteiger partial charge in [-0.1, -0.05) is 48.5 Å². The zero-order chi connectivity index (χ0) is 14.2. The van der Waals surface area contributed by atoms with Crippen molar-refractivity contribution in [3.8, 4) is 5.75 Å². The number of hydrogen-bond donors (Lipinski definition) is 2. The van der Waals surface area contributed by atoms with Gasteiger partial charge in [-0.05, 0) is 24.6 Å². The first-order valence-corrected chi connectivity index (χ1v) is 6.90. The number of benzene rings is 2. The summed E-state index contributed by atoms with van der Waals surface area (Å²) < 4.78 is 5.52. The zero-order valence-electron chi connectivity index (χ0n) is 11.7. The molecule has 0 saturated carbocycles. The van der Waals surface area contributed by atoms with E-state index in [1.165, 1.54) is 5.56 Å². The Bertz CT molecular complexity index is 487. The maximum atomic E-state index is 9.92. The highest BCUT2D eigenvalue weighted by Crippen LogP contribution is 2.11. The van der Waals surface area contributed by atoms with Gasteiger partial charge in [0.1, 0.15) is 18.5 Å². The average Bonchev–Trinajstić information content (AvgIpc) is 2.52. The van der Waals surface area contributed by atoms with E-state index in [1.54, 1.807) is 0 Å². The first-order chi connectivity index (χ1) is 9.75. The molecule has 1 unspecified atom stereocenters. The molecule has 0 heterocycles. The lowest BCUT2D eigenvalue weighted by Crippen LogP contribution is -2.33. The molecule has 0 fully saturated rings. The van der Waals surface area contributed by atoms with Gasteiger partial charge in [0.25, 0.3) is 0 Å². The van der Waals surface area contributed by atoms with Crippen molar-refractivity contribution in [2.24, 2.45) is 0 Å². The summed E-state index contributed by atoms with van der Waals surface area (Å²) >= 11 is 0. The Hall–Kier alpha value is -1.84. The smallest absolute Gasteiger partial charge is 0.119 e. The number of rotatable bonds is 7. The molecule has 2 N–H and O–H groups in total. The van der Waals surface area contributed by atoms with Crippen molar-refractivity contribution >= 4 is 0 Å². The molecule has 0 radical (unpaired) electrons. The molecule has 106 valence electrons. The van der Waals surface area contributed by atoms with E-state index < -0.39 is 6.10 Å². The van der Waals surface area contributed by atoms with E-state index in [0.717, 1.165) is 5.75 Å². The first kappa shape index (κ1) is 14.6. The maximum absolute atomic E-state index is 9.92. The minimum absolute atomic E-state index is 0.211. The molecular weight excluding hydrogens is 250 g/mol. The Labute approximate surface area is 120 Å². The molecule has 20 heavy (non-hydrogen) atoms. The van der Waals surface area contributed by atoms with Crippen molar-refractivity contribution in [2.75, 3.05) is 13.2 Å². The van der Waals surface area contributed by atoms with E-state index in [9.17, 15) is 5.11 Å². The van der Waals surface area contributed by atoms with Crippen LogP contribution >= 0.6 is 0 Å². The summed E-state index contributed by atoms with van der Waals surface area (Å²) in [5.41, 5.74) is 1.21. The third-order valence-corrected chi connectivity index (χ3v) is 3.14. The minimum Gasteiger partial charge on any atom is -0.491 e. The maximum Gasteiger partial charge on any atom is 0.119 e. The standard InChI is InChI=1S/C17H21NO2/c1-14(15-8-4-2-5-9-15)18-12-16(19)13-20-17-10-6-3-7-11-17/h2-11,14,16,18-19H,12-13H2,1H3/t14-,16?/m1/s1.